The van der Waals surface area contributed by atoms with Gasteiger partial charge in [0.1, 0.15) is 5.69 Å². The van der Waals surface area contributed by atoms with Gasteiger partial charge in [0.15, 0.2) is 11.7 Å². The molecule has 0 fully saturated rings. The van der Waals surface area contributed by atoms with Crippen LogP contribution >= 0.6 is 11.6 Å². The van der Waals surface area contributed by atoms with Gasteiger partial charge < -0.3 is 10.2 Å². The molecule has 1 atom stereocenters. The molecule has 1 aromatic carbocycles. The summed E-state index contributed by atoms with van der Waals surface area (Å²) in [6.07, 6.45) is 0.231. The van der Waals surface area contributed by atoms with Crippen molar-refractivity contribution in [3.8, 4) is 11.3 Å². The van der Waals surface area contributed by atoms with Gasteiger partial charge in [-0.3, -0.25) is 0 Å². The van der Waals surface area contributed by atoms with Crippen LogP contribution in [-0.4, -0.2) is 37.1 Å². The molecular weight excluding hydrogens is 298 g/mol. The monoisotopic (exact) mass is 309 g/mol. The van der Waals surface area contributed by atoms with Crippen molar-refractivity contribution in [2.24, 2.45) is 0 Å². The maximum Gasteiger partial charge on any atom is 0.358 e. The van der Waals surface area contributed by atoms with Crippen LogP contribution in [0, 0.1) is 0 Å². The lowest BCUT2D eigenvalue weighted by Crippen LogP contribution is -2.20. The van der Waals surface area contributed by atoms with Gasteiger partial charge in [0, 0.05) is 5.56 Å². The van der Waals surface area contributed by atoms with Crippen molar-refractivity contribution < 1.29 is 19.8 Å². The summed E-state index contributed by atoms with van der Waals surface area (Å²) >= 11 is 6.08. The molecule has 0 amide bonds. The van der Waals surface area contributed by atoms with E-state index in [1.807, 2.05) is 0 Å². The Morgan fingerprint density at radius 3 is 2.52 bits per heavy atom. The van der Waals surface area contributed by atoms with Crippen molar-refractivity contribution in [2.45, 2.75) is 19.4 Å². The number of hydrogen-bond acceptors (Lipinski definition) is 4. The van der Waals surface area contributed by atoms with Gasteiger partial charge in [0.05, 0.1) is 5.02 Å². The fraction of sp³-hybridized carbons (Fsp3) is 0.231. The van der Waals surface area contributed by atoms with E-state index in [-0.39, 0.29) is 17.8 Å². The van der Waals surface area contributed by atoms with E-state index in [2.05, 4.69) is 10.3 Å². The number of nitrogens with zero attached hydrogens (tertiary/aromatic N) is 3. The summed E-state index contributed by atoms with van der Waals surface area (Å²) < 4.78 is 1.09. The van der Waals surface area contributed by atoms with Crippen LogP contribution in [0.2, 0.25) is 5.02 Å². The van der Waals surface area contributed by atoms with Gasteiger partial charge in [-0.25, -0.2) is 14.3 Å². The van der Waals surface area contributed by atoms with E-state index in [0.29, 0.717) is 10.6 Å². The summed E-state index contributed by atoms with van der Waals surface area (Å²) in [7, 11) is 0. The van der Waals surface area contributed by atoms with Crippen LogP contribution in [0.15, 0.2) is 24.3 Å². The highest BCUT2D eigenvalue weighted by atomic mass is 35.5. The number of aliphatic carboxylic acids is 1. The standard InChI is InChI=1S/C13H12ClN3O4/c1-2-9(12(18)19)17-11(10(13(20)21)15-16-17)7-5-3-4-6-8(7)14/h3-6,9H,2H2,1H3,(H,18,19)(H,20,21). The Morgan fingerprint density at radius 2 is 2.00 bits per heavy atom. The minimum Gasteiger partial charge on any atom is -0.480 e. The van der Waals surface area contributed by atoms with Crippen molar-refractivity contribution in [3.63, 3.8) is 0 Å². The fourth-order valence-corrected chi connectivity index (χ4v) is 2.24. The normalized spacial score (nSPS) is 12.1. The third kappa shape index (κ3) is 2.73. The second kappa shape index (κ2) is 5.92. The van der Waals surface area contributed by atoms with Crippen LogP contribution in [-0.2, 0) is 4.79 Å². The first-order valence-corrected chi connectivity index (χ1v) is 6.51. The first-order valence-electron chi connectivity index (χ1n) is 6.13. The van der Waals surface area contributed by atoms with E-state index in [9.17, 15) is 19.8 Å². The zero-order valence-electron chi connectivity index (χ0n) is 11.0. The molecule has 7 nitrogen and oxygen atoms in total. The second-order valence-electron chi connectivity index (χ2n) is 4.28. The predicted molar refractivity (Wildman–Crippen MR) is 74.4 cm³/mol. The Hall–Kier alpha value is -2.41. The number of carboxylic acids is 2. The van der Waals surface area contributed by atoms with Crippen molar-refractivity contribution in [1.82, 2.24) is 15.0 Å². The number of rotatable bonds is 5. The Morgan fingerprint density at radius 1 is 1.33 bits per heavy atom. The summed E-state index contributed by atoms with van der Waals surface area (Å²) in [5, 5.41) is 26.0. The molecule has 1 unspecified atom stereocenters. The van der Waals surface area contributed by atoms with E-state index in [1.54, 1.807) is 31.2 Å². The van der Waals surface area contributed by atoms with Crippen LogP contribution in [0.25, 0.3) is 11.3 Å². The minimum atomic E-state index is -1.29. The van der Waals surface area contributed by atoms with Gasteiger partial charge in [-0.05, 0) is 12.5 Å². The van der Waals surface area contributed by atoms with Crippen molar-refractivity contribution in [3.05, 3.63) is 35.0 Å². The molecule has 0 aliphatic rings. The number of benzene rings is 1. The first kappa shape index (κ1) is 15.0. The number of aromatic nitrogens is 3. The lowest BCUT2D eigenvalue weighted by molar-refractivity contribution is -0.141. The average Bonchev–Trinajstić information content (AvgIpc) is 2.84. The van der Waals surface area contributed by atoms with Crippen molar-refractivity contribution in [2.75, 3.05) is 0 Å². The van der Waals surface area contributed by atoms with Crippen molar-refractivity contribution >= 4 is 23.5 Å². The van der Waals surface area contributed by atoms with Crippen LogP contribution in [0.5, 0.6) is 0 Å². The van der Waals surface area contributed by atoms with E-state index < -0.39 is 18.0 Å². The molecule has 1 aromatic heterocycles. The zero-order valence-corrected chi connectivity index (χ0v) is 11.8. The van der Waals surface area contributed by atoms with Crippen LogP contribution in [0.1, 0.15) is 29.9 Å². The molecule has 0 spiro atoms. The Bertz CT molecular complexity index is 698. The quantitative estimate of drug-likeness (QED) is 0.878. The molecule has 0 saturated heterocycles. The summed E-state index contributed by atoms with van der Waals surface area (Å²) in [5.41, 5.74) is 0.131. The molecule has 2 rings (SSSR count). The zero-order chi connectivity index (χ0) is 15.6. The molecule has 8 heteroatoms. The topological polar surface area (TPSA) is 105 Å². The largest absolute Gasteiger partial charge is 0.480 e. The van der Waals surface area contributed by atoms with Crippen LogP contribution in [0.4, 0.5) is 0 Å². The maximum absolute atomic E-state index is 11.3. The summed E-state index contributed by atoms with van der Waals surface area (Å²) in [4.78, 5) is 22.6. The minimum absolute atomic E-state index is 0.0855. The highest BCUT2D eigenvalue weighted by Gasteiger charge is 2.28. The van der Waals surface area contributed by atoms with Gasteiger partial charge >= 0.3 is 11.9 Å². The summed E-state index contributed by atoms with van der Waals surface area (Å²) in [5.74, 6) is -2.41. The predicted octanol–water partition coefficient (Wildman–Crippen LogP) is 2.33. The molecule has 0 radical (unpaired) electrons. The van der Waals surface area contributed by atoms with Gasteiger partial charge in [-0.2, -0.15) is 0 Å². The van der Waals surface area contributed by atoms with E-state index in [1.165, 1.54) is 0 Å². The molecule has 2 aromatic rings. The third-order valence-electron chi connectivity index (χ3n) is 2.99. The van der Waals surface area contributed by atoms with Crippen LogP contribution in [0.3, 0.4) is 0 Å². The molecule has 0 bridgehead atoms. The lowest BCUT2D eigenvalue weighted by atomic mass is 10.1. The van der Waals surface area contributed by atoms with E-state index in [4.69, 9.17) is 11.6 Å². The van der Waals surface area contributed by atoms with Gasteiger partial charge in [0.25, 0.3) is 0 Å². The number of aromatic carboxylic acids is 1. The Balaban J connectivity index is 2.72. The molecule has 0 saturated carbocycles. The molecule has 0 aliphatic carbocycles. The lowest BCUT2D eigenvalue weighted by Gasteiger charge is -2.14. The molecule has 110 valence electrons. The fourth-order valence-electron chi connectivity index (χ4n) is 2.01. The second-order valence-corrected chi connectivity index (χ2v) is 4.69. The van der Waals surface area contributed by atoms with Gasteiger partial charge in [-0.15, -0.1) is 5.10 Å². The van der Waals surface area contributed by atoms with Crippen molar-refractivity contribution in [1.29, 1.82) is 0 Å². The first-order chi connectivity index (χ1) is 9.97. The Labute approximate surface area is 124 Å². The SMILES string of the molecule is CCC(C(=O)O)n1nnc(C(=O)O)c1-c1ccccc1Cl. The molecule has 2 N–H and O–H groups in total. The van der Waals surface area contributed by atoms with Gasteiger partial charge in [-0.1, -0.05) is 41.9 Å². The maximum atomic E-state index is 11.3. The number of carboxylic acid groups (broad SMARTS) is 2. The van der Waals surface area contributed by atoms with E-state index >= 15 is 0 Å². The molecular formula is C13H12ClN3O4. The summed E-state index contributed by atoms with van der Waals surface area (Å²) in [6.45, 7) is 1.66. The van der Waals surface area contributed by atoms with Crippen LogP contribution < -0.4 is 0 Å². The number of carbonyl (C=O) groups is 2. The highest BCUT2D eigenvalue weighted by molar-refractivity contribution is 6.33. The number of hydrogen-bond donors (Lipinski definition) is 2. The highest BCUT2D eigenvalue weighted by Crippen LogP contribution is 2.31. The summed E-state index contributed by atoms with van der Waals surface area (Å²) in [6, 6.07) is 5.53. The Kier molecular flexibility index (Phi) is 4.23. The third-order valence-corrected chi connectivity index (χ3v) is 3.32. The smallest absolute Gasteiger partial charge is 0.358 e. The average molecular weight is 310 g/mol. The molecule has 21 heavy (non-hydrogen) atoms. The molecule has 0 aliphatic heterocycles. The van der Waals surface area contributed by atoms with E-state index in [0.717, 1.165) is 4.68 Å². The number of halogens is 1. The molecule has 1 heterocycles. The van der Waals surface area contributed by atoms with Gasteiger partial charge in [0.2, 0.25) is 0 Å².